The normalized spacial score (nSPS) is 17.6. The van der Waals surface area contributed by atoms with E-state index in [0.717, 1.165) is 42.3 Å². The number of benzene rings is 2. The number of ether oxygens (including phenoxy) is 1. The lowest BCUT2D eigenvalue weighted by Gasteiger charge is -2.33. The van der Waals surface area contributed by atoms with Crippen LogP contribution in [0, 0.1) is 0 Å². The first-order valence-electron chi connectivity index (χ1n) is 8.90. The van der Waals surface area contributed by atoms with E-state index in [1.807, 2.05) is 6.07 Å². The Bertz CT molecular complexity index is 885. The van der Waals surface area contributed by atoms with Crippen LogP contribution in [0.25, 0.3) is 10.9 Å². The fourth-order valence-corrected chi connectivity index (χ4v) is 3.94. The molecule has 3 nitrogen and oxygen atoms in total. The first-order chi connectivity index (χ1) is 12.2. The number of nitrogens with zero attached hydrogens (tertiary/aromatic N) is 1. The molecule has 0 unspecified atom stereocenters. The maximum atomic E-state index is 6.22. The van der Waals surface area contributed by atoms with Crippen LogP contribution in [0.2, 0.25) is 5.02 Å². The van der Waals surface area contributed by atoms with Gasteiger partial charge in [-0.3, -0.25) is 4.90 Å². The fraction of sp³-hybridized carbons (Fsp3) is 0.333. The van der Waals surface area contributed by atoms with E-state index in [1.54, 1.807) is 0 Å². The number of likely N-dealkylation sites (N-methyl/N-ethyl adjacent to an activating group) is 1. The molecule has 0 amide bonds. The summed E-state index contributed by atoms with van der Waals surface area (Å²) >= 11 is 6.22. The van der Waals surface area contributed by atoms with Crippen molar-refractivity contribution in [2.45, 2.75) is 25.8 Å². The second-order valence-electron chi connectivity index (χ2n) is 6.76. The minimum absolute atomic E-state index is 0.232. The van der Waals surface area contributed by atoms with Gasteiger partial charge in [0.1, 0.15) is 5.75 Å². The summed E-state index contributed by atoms with van der Waals surface area (Å²) in [6.07, 6.45) is 2.06. The van der Waals surface area contributed by atoms with Crippen LogP contribution >= 0.6 is 11.6 Å². The van der Waals surface area contributed by atoms with Gasteiger partial charge >= 0.3 is 0 Å². The summed E-state index contributed by atoms with van der Waals surface area (Å²) in [6.45, 7) is 3.91. The van der Waals surface area contributed by atoms with Gasteiger partial charge in [-0.2, -0.15) is 0 Å². The third kappa shape index (κ3) is 3.03. The standard InChI is InChI=1S/C21H23ClN2O/c1-3-12-25-16-7-4-14(5-8-16)21-20-17(10-11-24(21)2)18-13-15(22)6-9-19(18)23-20/h4-9,13,21,23H,3,10-12H2,1-2H3/t21-/m0/s1. The smallest absolute Gasteiger partial charge is 0.119 e. The molecule has 0 radical (unpaired) electrons. The minimum atomic E-state index is 0.232. The molecule has 4 rings (SSSR count). The molecule has 0 bridgehead atoms. The number of H-pyrrole nitrogens is 1. The molecule has 2 heterocycles. The quantitative estimate of drug-likeness (QED) is 0.698. The highest BCUT2D eigenvalue weighted by atomic mass is 35.5. The summed E-state index contributed by atoms with van der Waals surface area (Å²) in [5.41, 5.74) is 5.13. The van der Waals surface area contributed by atoms with Gasteiger partial charge in [-0.25, -0.2) is 0 Å². The van der Waals surface area contributed by atoms with Crippen molar-refractivity contribution in [3.05, 3.63) is 64.3 Å². The van der Waals surface area contributed by atoms with Crippen molar-refractivity contribution in [2.24, 2.45) is 0 Å². The molecule has 1 N–H and O–H groups in total. The molecule has 1 aliphatic rings. The van der Waals surface area contributed by atoms with Crippen molar-refractivity contribution in [2.75, 3.05) is 20.2 Å². The number of nitrogens with one attached hydrogen (secondary N) is 1. The van der Waals surface area contributed by atoms with E-state index in [2.05, 4.69) is 60.3 Å². The lowest BCUT2D eigenvalue weighted by Crippen LogP contribution is -2.32. The van der Waals surface area contributed by atoms with Crippen LogP contribution in [0.4, 0.5) is 0 Å². The summed E-state index contributed by atoms with van der Waals surface area (Å²) in [7, 11) is 2.19. The maximum Gasteiger partial charge on any atom is 0.119 e. The Morgan fingerprint density at radius 2 is 2.00 bits per heavy atom. The van der Waals surface area contributed by atoms with Crippen molar-refractivity contribution >= 4 is 22.5 Å². The van der Waals surface area contributed by atoms with Gasteiger partial charge in [-0.15, -0.1) is 0 Å². The molecule has 130 valence electrons. The highest BCUT2D eigenvalue weighted by Gasteiger charge is 2.29. The number of aromatic nitrogens is 1. The molecule has 1 atom stereocenters. The number of aromatic amines is 1. The van der Waals surface area contributed by atoms with Crippen molar-refractivity contribution in [3.63, 3.8) is 0 Å². The van der Waals surface area contributed by atoms with E-state index in [9.17, 15) is 0 Å². The summed E-state index contributed by atoms with van der Waals surface area (Å²) in [5, 5.41) is 2.05. The van der Waals surface area contributed by atoms with E-state index in [4.69, 9.17) is 16.3 Å². The predicted octanol–water partition coefficient (Wildman–Crippen LogP) is 5.19. The SMILES string of the molecule is CCCOc1ccc([C@H]2c3[nH]c4ccc(Cl)cc4c3CCN2C)cc1. The molecule has 1 aromatic heterocycles. The van der Waals surface area contributed by atoms with Crippen molar-refractivity contribution in [1.29, 1.82) is 0 Å². The zero-order chi connectivity index (χ0) is 17.4. The van der Waals surface area contributed by atoms with Gasteiger partial charge in [-0.1, -0.05) is 30.7 Å². The van der Waals surface area contributed by atoms with Crippen LogP contribution in [0.1, 0.15) is 36.2 Å². The van der Waals surface area contributed by atoms with Gasteiger partial charge in [0.2, 0.25) is 0 Å². The second-order valence-corrected chi connectivity index (χ2v) is 7.19. The average Bonchev–Trinajstić information content (AvgIpc) is 2.98. The molecular formula is C21H23ClN2O. The Kier molecular flexibility index (Phi) is 4.45. The van der Waals surface area contributed by atoms with E-state index >= 15 is 0 Å². The van der Waals surface area contributed by atoms with Crippen LogP contribution in [-0.2, 0) is 6.42 Å². The lowest BCUT2D eigenvalue weighted by atomic mass is 9.93. The van der Waals surface area contributed by atoms with Crippen molar-refractivity contribution in [3.8, 4) is 5.75 Å². The van der Waals surface area contributed by atoms with E-state index in [1.165, 1.54) is 22.2 Å². The molecular weight excluding hydrogens is 332 g/mol. The van der Waals surface area contributed by atoms with Crippen LogP contribution < -0.4 is 4.74 Å². The molecule has 0 aliphatic carbocycles. The van der Waals surface area contributed by atoms with E-state index in [-0.39, 0.29) is 6.04 Å². The maximum absolute atomic E-state index is 6.22. The predicted molar refractivity (Wildman–Crippen MR) is 104 cm³/mol. The Morgan fingerprint density at radius 3 is 2.76 bits per heavy atom. The van der Waals surface area contributed by atoms with Gasteiger partial charge in [0, 0.05) is 28.2 Å². The van der Waals surface area contributed by atoms with Crippen LogP contribution in [-0.4, -0.2) is 30.1 Å². The van der Waals surface area contributed by atoms with Crippen LogP contribution in [0.5, 0.6) is 5.75 Å². The topological polar surface area (TPSA) is 28.3 Å². The van der Waals surface area contributed by atoms with Crippen LogP contribution in [0.15, 0.2) is 42.5 Å². The van der Waals surface area contributed by atoms with Crippen molar-refractivity contribution < 1.29 is 4.74 Å². The molecule has 1 aliphatic heterocycles. The Labute approximate surface area is 153 Å². The molecule has 2 aromatic carbocycles. The zero-order valence-electron chi connectivity index (χ0n) is 14.7. The Balaban J connectivity index is 1.74. The van der Waals surface area contributed by atoms with Gasteiger partial charge in [0.05, 0.1) is 12.6 Å². The Morgan fingerprint density at radius 1 is 1.20 bits per heavy atom. The van der Waals surface area contributed by atoms with E-state index in [0.29, 0.717) is 0 Å². The lowest BCUT2D eigenvalue weighted by molar-refractivity contribution is 0.261. The largest absolute Gasteiger partial charge is 0.494 e. The third-order valence-electron chi connectivity index (χ3n) is 5.00. The molecule has 3 aromatic rings. The Hall–Kier alpha value is -1.97. The summed E-state index contributed by atoms with van der Waals surface area (Å²) in [4.78, 5) is 6.04. The van der Waals surface area contributed by atoms with Gasteiger partial charge in [-0.05, 0) is 61.3 Å². The number of fused-ring (bicyclic) bond motifs is 3. The average molecular weight is 355 g/mol. The highest BCUT2D eigenvalue weighted by Crippen LogP contribution is 2.38. The first-order valence-corrected chi connectivity index (χ1v) is 9.28. The van der Waals surface area contributed by atoms with E-state index < -0.39 is 0 Å². The second kappa shape index (κ2) is 6.74. The number of hydrogen-bond donors (Lipinski definition) is 1. The molecule has 25 heavy (non-hydrogen) atoms. The number of hydrogen-bond acceptors (Lipinski definition) is 2. The van der Waals surface area contributed by atoms with Crippen LogP contribution in [0.3, 0.4) is 0 Å². The monoisotopic (exact) mass is 354 g/mol. The third-order valence-corrected chi connectivity index (χ3v) is 5.23. The minimum Gasteiger partial charge on any atom is -0.494 e. The summed E-state index contributed by atoms with van der Waals surface area (Å²) < 4.78 is 5.72. The molecule has 0 saturated carbocycles. The highest BCUT2D eigenvalue weighted by molar-refractivity contribution is 6.31. The summed E-state index contributed by atoms with van der Waals surface area (Å²) in [6, 6.07) is 14.9. The number of rotatable bonds is 4. The van der Waals surface area contributed by atoms with Gasteiger partial charge < -0.3 is 9.72 Å². The van der Waals surface area contributed by atoms with Gasteiger partial charge in [0.25, 0.3) is 0 Å². The molecule has 0 spiro atoms. The number of halogens is 1. The summed E-state index contributed by atoms with van der Waals surface area (Å²) in [5.74, 6) is 0.938. The molecule has 4 heteroatoms. The fourth-order valence-electron chi connectivity index (χ4n) is 3.77. The van der Waals surface area contributed by atoms with Crippen molar-refractivity contribution in [1.82, 2.24) is 9.88 Å². The molecule has 0 fully saturated rings. The molecule has 0 saturated heterocycles. The van der Waals surface area contributed by atoms with Gasteiger partial charge in [0.15, 0.2) is 0 Å². The first kappa shape index (κ1) is 16.5. The zero-order valence-corrected chi connectivity index (χ0v) is 15.4.